The molecule has 2 rings (SSSR count). The van der Waals surface area contributed by atoms with E-state index in [0.29, 0.717) is 19.6 Å². The van der Waals surface area contributed by atoms with Gasteiger partial charge < -0.3 is 19.6 Å². The molecule has 2 atom stereocenters. The van der Waals surface area contributed by atoms with Gasteiger partial charge in [0.05, 0.1) is 0 Å². The van der Waals surface area contributed by atoms with Gasteiger partial charge in [0.2, 0.25) is 0 Å². The normalized spacial score (nSPS) is 28.1. The molecule has 0 spiro atoms. The maximum atomic E-state index is 12.0. The number of nitrogens with zero attached hydrogens (tertiary/aromatic N) is 2. The second-order valence-corrected chi connectivity index (χ2v) is 7.11. The fourth-order valence-electron chi connectivity index (χ4n) is 2.93. The average Bonchev–Trinajstić information content (AvgIpc) is 2.65. The quantitative estimate of drug-likeness (QED) is 0.790. The van der Waals surface area contributed by atoms with Crippen LogP contribution in [0.4, 0.5) is 4.79 Å². The fourth-order valence-corrected chi connectivity index (χ4v) is 2.93. The highest BCUT2D eigenvalue weighted by Crippen LogP contribution is 2.26. The number of hydrogen-bond donors (Lipinski definition) is 1. The van der Waals surface area contributed by atoms with Crippen LogP contribution in [0.25, 0.3) is 0 Å². The summed E-state index contributed by atoms with van der Waals surface area (Å²) < 4.78 is 5.36. The number of rotatable bonds is 1. The van der Waals surface area contributed by atoms with Crippen LogP contribution in [0.1, 0.15) is 40.5 Å². The van der Waals surface area contributed by atoms with Gasteiger partial charge in [-0.3, -0.25) is 4.79 Å². The van der Waals surface area contributed by atoms with Crippen molar-refractivity contribution in [1.29, 1.82) is 0 Å². The number of amides is 2. The van der Waals surface area contributed by atoms with Gasteiger partial charge in [0.1, 0.15) is 11.7 Å². The van der Waals surface area contributed by atoms with Gasteiger partial charge in [0.15, 0.2) is 0 Å². The van der Waals surface area contributed by atoms with Crippen LogP contribution in [0, 0.1) is 5.92 Å². The van der Waals surface area contributed by atoms with E-state index in [4.69, 9.17) is 4.74 Å². The minimum atomic E-state index is -0.867. The van der Waals surface area contributed by atoms with Crippen LogP contribution < -0.4 is 0 Å². The molecule has 0 radical (unpaired) electrons. The summed E-state index contributed by atoms with van der Waals surface area (Å²) in [5.41, 5.74) is -0.488. The van der Waals surface area contributed by atoms with Gasteiger partial charge in [0.25, 0.3) is 5.91 Å². The van der Waals surface area contributed by atoms with Crippen molar-refractivity contribution in [3.05, 3.63) is 0 Å². The predicted molar refractivity (Wildman–Crippen MR) is 77.7 cm³/mol. The lowest BCUT2D eigenvalue weighted by molar-refractivity contribution is -0.137. The van der Waals surface area contributed by atoms with Crippen molar-refractivity contribution < 1.29 is 19.4 Å². The van der Waals surface area contributed by atoms with Crippen LogP contribution in [-0.2, 0) is 9.53 Å². The molecule has 0 unspecified atom stereocenters. The molecule has 0 aliphatic carbocycles. The largest absolute Gasteiger partial charge is 0.444 e. The molecule has 2 amide bonds. The SMILES string of the molecule is C[C@@H]1CN(C2CCN(C(=O)OC(C)(C)C)CC2)C(=O)[C@H]1O. The Kier molecular flexibility index (Phi) is 4.46. The zero-order chi connectivity index (χ0) is 15.8. The summed E-state index contributed by atoms with van der Waals surface area (Å²) in [6, 6.07) is 0.121. The molecule has 0 aromatic heterocycles. The van der Waals surface area contributed by atoms with Crippen LogP contribution in [0.3, 0.4) is 0 Å². The second-order valence-electron chi connectivity index (χ2n) is 7.11. The maximum Gasteiger partial charge on any atom is 0.410 e. The predicted octanol–water partition coefficient (Wildman–Crippen LogP) is 1.23. The first-order valence-corrected chi connectivity index (χ1v) is 7.65. The molecule has 2 heterocycles. The van der Waals surface area contributed by atoms with E-state index in [2.05, 4.69) is 0 Å². The number of carbonyl (C=O) groups excluding carboxylic acids is 2. The molecule has 21 heavy (non-hydrogen) atoms. The molecule has 2 aliphatic rings. The molecule has 1 N–H and O–H groups in total. The first kappa shape index (κ1) is 16.1. The van der Waals surface area contributed by atoms with E-state index in [-0.39, 0.29) is 24.0 Å². The Bertz CT molecular complexity index is 410. The fraction of sp³-hybridized carbons (Fsp3) is 0.867. The van der Waals surface area contributed by atoms with E-state index < -0.39 is 11.7 Å². The molecule has 6 nitrogen and oxygen atoms in total. The molecule has 2 saturated heterocycles. The molecule has 6 heteroatoms. The average molecular weight is 298 g/mol. The molecule has 0 aromatic rings. The van der Waals surface area contributed by atoms with Gasteiger partial charge in [-0.15, -0.1) is 0 Å². The van der Waals surface area contributed by atoms with Gasteiger partial charge in [-0.05, 0) is 33.6 Å². The zero-order valence-electron chi connectivity index (χ0n) is 13.3. The van der Waals surface area contributed by atoms with Crippen molar-refractivity contribution >= 4 is 12.0 Å². The summed E-state index contributed by atoms with van der Waals surface area (Å²) in [7, 11) is 0. The summed E-state index contributed by atoms with van der Waals surface area (Å²) in [5, 5.41) is 9.76. The van der Waals surface area contributed by atoms with Crippen molar-refractivity contribution in [1.82, 2.24) is 9.80 Å². The third-order valence-corrected chi connectivity index (χ3v) is 4.12. The summed E-state index contributed by atoms with van der Waals surface area (Å²) >= 11 is 0. The van der Waals surface area contributed by atoms with Crippen LogP contribution in [0.15, 0.2) is 0 Å². The minimum Gasteiger partial charge on any atom is -0.444 e. The number of piperidine rings is 1. The van der Waals surface area contributed by atoms with Gasteiger partial charge in [0, 0.05) is 31.6 Å². The van der Waals surface area contributed by atoms with E-state index in [1.807, 2.05) is 27.7 Å². The zero-order valence-corrected chi connectivity index (χ0v) is 13.3. The topological polar surface area (TPSA) is 70.1 Å². The standard InChI is InChI=1S/C15H26N2O4/c1-10-9-17(13(19)12(10)18)11-5-7-16(8-6-11)14(20)21-15(2,3)4/h10-12,18H,5-9H2,1-4H3/t10-,12+/m1/s1. The second kappa shape index (κ2) is 5.83. The van der Waals surface area contributed by atoms with Crippen molar-refractivity contribution in [2.75, 3.05) is 19.6 Å². The number of carbonyl (C=O) groups is 2. The van der Waals surface area contributed by atoms with E-state index in [9.17, 15) is 14.7 Å². The van der Waals surface area contributed by atoms with Crippen molar-refractivity contribution in [2.45, 2.75) is 58.3 Å². The first-order chi connectivity index (χ1) is 9.69. The lowest BCUT2D eigenvalue weighted by atomic mass is 10.0. The van der Waals surface area contributed by atoms with Crippen molar-refractivity contribution in [3.63, 3.8) is 0 Å². The van der Waals surface area contributed by atoms with Gasteiger partial charge in [-0.25, -0.2) is 4.79 Å². The minimum absolute atomic E-state index is 0.0126. The van der Waals surface area contributed by atoms with Gasteiger partial charge >= 0.3 is 6.09 Å². The Morgan fingerprint density at radius 3 is 2.29 bits per heavy atom. The molecular weight excluding hydrogens is 272 g/mol. The van der Waals surface area contributed by atoms with E-state index in [1.54, 1.807) is 9.80 Å². The maximum absolute atomic E-state index is 12.0. The smallest absolute Gasteiger partial charge is 0.410 e. The summed E-state index contributed by atoms with van der Waals surface area (Å²) in [6.45, 7) is 9.23. The number of aliphatic hydroxyl groups excluding tert-OH is 1. The number of ether oxygens (including phenoxy) is 1. The molecule has 0 saturated carbocycles. The Balaban J connectivity index is 1.86. The third-order valence-electron chi connectivity index (χ3n) is 4.12. The molecule has 2 aliphatic heterocycles. The monoisotopic (exact) mass is 298 g/mol. The number of hydrogen-bond acceptors (Lipinski definition) is 4. The highest BCUT2D eigenvalue weighted by Gasteiger charge is 2.41. The van der Waals surface area contributed by atoms with Crippen molar-refractivity contribution in [3.8, 4) is 0 Å². The molecular formula is C15H26N2O4. The Hall–Kier alpha value is -1.30. The highest BCUT2D eigenvalue weighted by atomic mass is 16.6. The molecule has 0 aromatic carbocycles. The summed E-state index contributed by atoms with van der Waals surface area (Å²) in [5.74, 6) is -0.181. The van der Waals surface area contributed by atoms with E-state index in [1.165, 1.54) is 0 Å². The lowest BCUT2D eigenvalue weighted by Gasteiger charge is -2.37. The van der Waals surface area contributed by atoms with Gasteiger partial charge in [-0.1, -0.05) is 6.92 Å². The molecule has 2 fully saturated rings. The summed E-state index contributed by atoms with van der Waals surface area (Å²) in [4.78, 5) is 27.5. The molecule has 120 valence electrons. The highest BCUT2D eigenvalue weighted by molar-refractivity contribution is 5.83. The van der Waals surface area contributed by atoms with Crippen LogP contribution in [0.2, 0.25) is 0 Å². The molecule has 0 bridgehead atoms. The Morgan fingerprint density at radius 1 is 1.29 bits per heavy atom. The van der Waals surface area contributed by atoms with E-state index in [0.717, 1.165) is 12.8 Å². The number of likely N-dealkylation sites (tertiary alicyclic amines) is 2. The Labute approximate surface area is 126 Å². The number of aliphatic hydroxyl groups is 1. The van der Waals surface area contributed by atoms with Gasteiger partial charge in [-0.2, -0.15) is 0 Å². The first-order valence-electron chi connectivity index (χ1n) is 7.65. The Morgan fingerprint density at radius 2 is 1.86 bits per heavy atom. The van der Waals surface area contributed by atoms with E-state index >= 15 is 0 Å². The third kappa shape index (κ3) is 3.67. The van der Waals surface area contributed by atoms with Crippen LogP contribution in [-0.4, -0.2) is 64.3 Å². The lowest BCUT2D eigenvalue weighted by Crippen LogP contribution is -2.48. The summed E-state index contributed by atoms with van der Waals surface area (Å²) in [6.07, 6.45) is 0.325. The van der Waals surface area contributed by atoms with Crippen molar-refractivity contribution in [2.24, 2.45) is 5.92 Å². The van der Waals surface area contributed by atoms with Crippen LogP contribution in [0.5, 0.6) is 0 Å². The van der Waals surface area contributed by atoms with Crippen LogP contribution >= 0.6 is 0 Å².